The summed E-state index contributed by atoms with van der Waals surface area (Å²) in [5, 5.41) is 19.2. The zero-order chi connectivity index (χ0) is 21.3. The number of furan rings is 1. The van der Waals surface area contributed by atoms with Crippen LogP contribution in [0.3, 0.4) is 0 Å². The first-order chi connectivity index (χ1) is 13.7. The van der Waals surface area contributed by atoms with Gasteiger partial charge in [-0.3, -0.25) is 9.59 Å². The minimum Gasteiger partial charge on any atom is -0.503 e. The summed E-state index contributed by atoms with van der Waals surface area (Å²) < 4.78 is 18.8. The van der Waals surface area contributed by atoms with Crippen molar-refractivity contribution in [3.05, 3.63) is 70.1 Å². The van der Waals surface area contributed by atoms with Crippen LogP contribution in [0.25, 0.3) is 0 Å². The number of ketones is 1. The monoisotopic (exact) mass is 401 g/mol. The third kappa shape index (κ3) is 4.06. The molecule has 1 aliphatic heterocycles. The Hall–Kier alpha value is -3.42. The fourth-order valence-electron chi connectivity index (χ4n) is 3.19. The summed E-state index contributed by atoms with van der Waals surface area (Å²) >= 11 is 0. The van der Waals surface area contributed by atoms with E-state index in [1.54, 1.807) is 19.9 Å². The number of nitrogens with zero attached hydrogens (tertiary/aromatic N) is 1. The molecule has 0 atom stereocenters. The highest BCUT2D eigenvalue weighted by atomic mass is 19.1. The molecule has 1 aromatic carbocycles. The molecule has 2 heterocycles. The maximum absolute atomic E-state index is 13.3. The number of benzene rings is 1. The topological polar surface area (TPSA) is 108 Å². The van der Waals surface area contributed by atoms with Crippen LogP contribution in [-0.2, 0) is 17.6 Å². The molecular formula is C21H20FNO6. The Balaban J connectivity index is 1.73. The largest absolute Gasteiger partial charge is 0.503 e. The van der Waals surface area contributed by atoms with Crippen LogP contribution in [-0.4, -0.2) is 45.4 Å². The molecule has 0 fully saturated rings. The smallest absolute Gasteiger partial charge is 0.336 e. The second-order valence-electron chi connectivity index (χ2n) is 7.06. The summed E-state index contributed by atoms with van der Waals surface area (Å²) in [5.74, 6) is -3.17. The van der Waals surface area contributed by atoms with Gasteiger partial charge in [0, 0.05) is 12.5 Å². The van der Waals surface area contributed by atoms with Gasteiger partial charge in [0.05, 0.1) is 17.7 Å². The van der Waals surface area contributed by atoms with Crippen molar-refractivity contribution in [2.45, 2.75) is 32.7 Å². The lowest BCUT2D eigenvalue weighted by Crippen LogP contribution is -2.34. The van der Waals surface area contributed by atoms with Crippen molar-refractivity contribution in [1.82, 2.24) is 4.90 Å². The predicted octanol–water partition coefficient (Wildman–Crippen LogP) is 3.15. The van der Waals surface area contributed by atoms with Crippen LogP contribution in [0.2, 0.25) is 0 Å². The number of aryl methyl sites for hydroxylation is 2. The predicted molar refractivity (Wildman–Crippen MR) is 100 cm³/mol. The van der Waals surface area contributed by atoms with Gasteiger partial charge in [-0.25, -0.2) is 9.18 Å². The summed E-state index contributed by atoms with van der Waals surface area (Å²) in [5.41, 5.74) is 0.301. The number of rotatable bonds is 7. The SMILES string of the molecule is CC(C)N1CC(C(=O)c2ccc(CCc3ccc(F)cc3C(=O)O)o2)=C(O)C1=O. The molecule has 7 nitrogen and oxygen atoms in total. The highest BCUT2D eigenvalue weighted by molar-refractivity contribution is 6.14. The molecule has 0 bridgehead atoms. The fourth-order valence-corrected chi connectivity index (χ4v) is 3.19. The van der Waals surface area contributed by atoms with Crippen molar-refractivity contribution in [2.75, 3.05) is 6.54 Å². The molecule has 1 aliphatic rings. The van der Waals surface area contributed by atoms with Crippen LogP contribution in [0.4, 0.5) is 4.39 Å². The van der Waals surface area contributed by atoms with Gasteiger partial charge in [0.2, 0.25) is 5.78 Å². The summed E-state index contributed by atoms with van der Waals surface area (Å²) in [6.45, 7) is 3.57. The lowest BCUT2D eigenvalue weighted by molar-refractivity contribution is -0.129. The number of hydrogen-bond donors (Lipinski definition) is 2. The molecule has 1 aromatic heterocycles. The highest BCUT2D eigenvalue weighted by Crippen LogP contribution is 2.24. The molecule has 152 valence electrons. The Morgan fingerprint density at radius 1 is 1.21 bits per heavy atom. The number of carbonyl (C=O) groups is 3. The van der Waals surface area contributed by atoms with E-state index in [1.807, 2.05) is 0 Å². The van der Waals surface area contributed by atoms with E-state index in [1.165, 1.54) is 23.1 Å². The van der Waals surface area contributed by atoms with E-state index in [0.29, 0.717) is 17.7 Å². The van der Waals surface area contributed by atoms with Crippen molar-refractivity contribution >= 4 is 17.7 Å². The molecule has 1 amide bonds. The number of Topliss-reactive ketones (excluding diaryl/α,β-unsaturated/α-hetero) is 1. The molecular weight excluding hydrogens is 381 g/mol. The van der Waals surface area contributed by atoms with Crippen LogP contribution in [0.1, 0.15) is 46.1 Å². The van der Waals surface area contributed by atoms with Crippen molar-refractivity contribution in [3.63, 3.8) is 0 Å². The van der Waals surface area contributed by atoms with E-state index < -0.39 is 29.2 Å². The van der Waals surface area contributed by atoms with E-state index in [0.717, 1.165) is 6.07 Å². The first-order valence-electron chi connectivity index (χ1n) is 9.07. The number of carboxylic acid groups (broad SMARTS) is 1. The van der Waals surface area contributed by atoms with Crippen molar-refractivity contribution in [2.24, 2.45) is 0 Å². The van der Waals surface area contributed by atoms with Crippen molar-refractivity contribution in [3.8, 4) is 0 Å². The van der Waals surface area contributed by atoms with E-state index in [2.05, 4.69) is 0 Å². The second-order valence-corrected chi connectivity index (χ2v) is 7.06. The maximum Gasteiger partial charge on any atom is 0.336 e. The zero-order valence-electron chi connectivity index (χ0n) is 15.9. The van der Waals surface area contributed by atoms with Crippen LogP contribution in [0, 0.1) is 5.82 Å². The standard InChI is InChI=1S/C21H20FNO6/c1-11(2)23-10-16(19(25)20(23)26)18(24)17-8-7-14(29-17)6-4-12-3-5-13(22)9-15(12)21(27)28/h3,5,7-9,11,25H,4,6,10H2,1-2H3,(H,27,28). The first-order valence-corrected chi connectivity index (χ1v) is 9.07. The summed E-state index contributed by atoms with van der Waals surface area (Å²) in [4.78, 5) is 37.3. The Morgan fingerprint density at radius 2 is 1.93 bits per heavy atom. The van der Waals surface area contributed by atoms with Crippen LogP contribution in [0.5, 0.6) is 0 Å². The van der Waals surface area contributed by atoms with Gasteiger partial charge in [0.15, 0.2) is 11.5 Å². The minimum absolute atomic E-state index is 0.00868. The molecule has 0 saturated carbocycles. The molecule has 0 radical (unpaired) electrons. The number of aliphatic hydroxyl groups is 1. The van der Waals surface area contributed by atoms with Gasteiger partial charge in [0.25, 0.3) is 5.91 Å². The average molecular weight is 401 g/mol. The second kappa shape index (κ2) is 7.90. The van der Waals surface area contributed by atoms with Crippen molar-refractivity contribution in [1.29, 1.82) is 0 Å². The van der Waals surface area contributed by atoms with Gasteiger partial charge in [-0.1, -0.05) is 6.07 Å². The van der Waals surface area contributed by atoms with Crippen LogP contribution < -0.4 is 0 Å². The van der Waals surface area contributed by atoms with Gasteiger partial charge in [-0.05, 0) is 50.1 Å². The quantitative estimate of drug-likeness (QED) is 0.690. The average Bonchev–Trinajstić information content (AvgIpc) is 3.25. The lowest BCUT2D eigenvalue weighted by Gasteiger charge is -2.20. The first kappa shape index (κ1) is 20.3. The number of aliphatic hydroxyl groups excluding tert-OH is 1. The van der Waals surface area contributed by atoms with E-state index in [4.69, 9.17) is 4.42 Å². The van der Waals surface area contributed by atoms with E-state index >= 15 is 0 Å². The Bertz CT molecular complexity index is 1020. The number of carboxylic acids is 1. The molecule has 29 heavy (non-hydrogen) atoms. The highest BCUT2D eigenvalue weighted by Gasteiger charge is 2.36. The van der Waals surface area contributed by atoms with Gasteiger partial charge in [-0.2, -0.15) is 0 Å². The summed E-state index contributed by atoms with van der Waals surface area (Å²) in [6, 6.07) is 6.41. The Morgan fingerprint density at radius 3 is 2.55 bits per heavy atom. The number of carbonyl (C=O) groups excluding carboxylic acids is 2. The number of aromatic carboxylic acids is 1. The molecule has 8 heteroatoms. The number of hydrogen-bond acceptors (Lipinski definition) is 5. The molecule has 0 unspecified atom stereocenters. The third-order valence-corrected chi connectivity index (χ3v) is 4.80. The normalized spacial score (nSPS) is 14.2. The van der Waals surface area contributed by atoms with Crippen LogP contribution in [0.15, 0.2) is 46.1 Å². The van der Waals surface area contributed by atoms with Gasteiger partial charge < -0.3 is 19.5 Å². The lowest BCUT2D eigenvalue weighted by atomic mass is 10.0. The molecule has 0 spiro atoms. The van der Waals surface area contributed by atoms with Gasteiger partial charge >= 0.3 is 5.97 Å². The van der Waals surface area contributed by atoms with E-state index in [9.17, 15) is 29.0 Å². The third-order valence-electron chi connectivity index (χ3n) is 4.80. The summed E-state index contributed by atoms with van der Waals surface area (Å²) in [7, 11) is 0. The Kier molecular flexibility index (Phi) is 5.54. The van der Waals surface area contributed by atoms with Crippen molar-refractivity contribution < 1.29 is 33.4 Å². The fraction of sp³-hybridized carbons (Fsp3) is 0.286. The van der Waals surface area contributed by atoms with Gasteiger partial charge in [-0.15, -0.1) is 0 Å². The minimum atomic E-state index is -1.22. The Labute approximate surface area is 166 Å². The number of halogens is 1. The molecule has 2 aromatic rings. The zero-order valence-corrected chi connectivity index (χ0v) is 15.9. The summed E-state index contributed by atoms with van der Waals surface area (Å²) in [6.07, 6.45) is 0.567. The number of amides is 1. The molecule has 2 N–H and O–H groups in total. The molecule has 3 rings (SSSR count). The van der Waals surface area contributed by atoms with Gasteiger partial charge in [0.1, 0.15) is 11.6 Å². The molecule has 0 saturated heterocycles. The van der Waals surface area contributed by atoms with E-state index in [-0.39, 0.29) is 35.9 Å². The maximum atomic E-state index is 13.3. The van der Waals surface area contributed by atoms with Crippen LogP contribution >= 0.6 is 0 Å². The molecule has 0 aliphatic carbocycles.